The van der Waals surface area contributed by atoms with Gasteiger partial charge in [-0.15, -0.1) is 0 Å². The second-order valence-corrected chi connectivity index (χ2v) is 5.88. The SMILES string of the molecule is CCNC(=NCC1(CCO)CCOC1)NCCSC. The lowest BCUT2D eigenvalue weighted by Gasteiger charge is -2.24. The van der Waals surface area contributed by atoms with Gasteiger partial charge in [0, 0.05) is 37.5 Å². The number of nitrogens with one attached hydrogen (secondary N) is 2. The smallest absolute Gasteiger partial charge is 0.191 e. The summed E-state index contributed by atoms with van der Waals surface area (Å²) in [6, 6.07) is 0. The molecule has 1 unspecified atom stereocenters. The number of ether oxygens (including phenoxy) is 1. The molecule has 1 atom stereocenters. The molecule has 1 fully saturated rings. The molecule has 0 aliphatic carbocycles. The molecule has 0 bridgehead atoms. The monoisotopic (exact) mass is 289 g/mol. The zero-order valence-corrected chi connectivity index (χ0v) is 12.9. The Morgan fingerprint density at radius 3 is 2.89 bits per heavy atom. The van der Waals surface area contributed by atoms with Crippen molar-refractivity contribution in [2.75, 3.05) is 51.5 Å². The molecule has 0 spiro atoms. The third-order valence-electron chi connectivity index (χ3n) is 3.34. The number of aliphatic hydroxyl groups is 1. The van der Waals surface area contributed by atoms with Gasteiger partial charge in [-0.25, -0.2) is 0 Å². The van der Waals surface area contributed by atoms with Gasteiger partial charge in [0.05, 0.1) is 13.2 Å². The minimum Gasteiger partial charge on any atom is -0.396 e. The van der Waals surface area contributed by atoms with Crippen LogP contribution in [0, 0.1) is 5.41 Å². The van der Waals surface area contributed by atoms with Crippen molar-refractivity contribution in [3.63, 3.8) is 0 Å². The summed E-state index contributed by atoms with van der Waals surface area (Å²) < 4.78 is 5.48. The second-order valence-electron chi connectivity index (χ2n) is 4.89. The number of rotatable bonds is 8. The number of aliphatic imine (C=N–C) groups is 1. The van der Waals surface area contributed by atoms with Gasteiger partial charge < -0.3 is 20.5 Å². The van der Waals surface area contributed by atoms with Gasteiger partial charge in [-0.05, 0) is 26.0 Å². The van der Waals surface area contributed by atoms with Crippen molar-refractivity contribution in [3.8, 4) is 0 Å². The Kier molecular flexibility index (Phi) is 8.25. The van der Waals surface area contributed by atoms with Crippen LogP contribution in [-0.2, 0) is 4.74 Å². The maximum atomic E-state index is 9.20. The fraction of sp³-hybridized carbons (Fsp3) is 0.923. The lowest BCUT2D eigenvalue weighted by molar-refractivity contribution is 0.131. The van der Waals surface area contributed by atoms with Crippen molar-refractivity contribution in [1.29, 1.82) is 0 Å². The van der Waals surface area contributed by atoms with E-state index in [4.69, 9.17) is 4.74 Å². The highest BCUT2D eigenvalue weighted by molar-refractivity contribution is 7.98. The molecule has 0 aromatic carbocycles. The van der Waals surface area contributed by atoms with E-state index in [9.17, 15) is 5.11 Å². The predicted molar refractivity (Wildman–Crippen MR) is 81.9 cm³/mol. The van der Waals surface area contributed by atoms with Gasteiger partial charge in [0.2, 0.25) is 0 Å². The number of nitrogens with zero attached hydrogens (tertiary/aromatic N) is 1. The van der Waals surface area contributed by atoms with Crippen LogP contribution in [0.2, 0.25) is 0 Å². The van der Waals surface area contributed by atoms with Gasteiger partial charge in [-0.2, -0.15) is 11.8 Å². The van der Waals surface area contributed by atoms with Gasteiger partial charge in [0.1, 0.15) is 0 Å². The van der Waals surface area contributed by atoms with E-state index in [0.717, 1.165) is 44.3 Å². The van der Waals surface area contributed by atoms with Crippen molar-refractivity contribution in [1.82, 2.24) is 10.6 Å². The molecule has 19 heavy (non-hydrogen) atoms. The zero-order chi connectivity index (χ0) is 14.0. The quantitative estimate of drug-likeness (QED) is 0.349. The Hall–Kier alpha value is -0.460. The fourth-order valence-electron chi connectivity index (χ4n) is 2.15. The Balaban J connectivity index is 2.51. The van der Waals surface area contributed by atoms with Crippen LogP contribution in [0.5, 0.6) is 0 Å². The minimum absolute atomic E-state index is 0.0244. The van der Waals surface area contributed by atoms with Gasteiger partial charge in [-0.3, -0.25) is 4.99 Å². The summed E-state index contributed by atoms with van der Waals surface area (Å²) >= 11 is 1.81. The first-order valence-electron chi connectivity index (χ1n) is 6.96. The topological polar surface area (TPSA) is 65.9 Å². The van der Waals surface area contributed by atoms with E-state index in [1.165, 1.54) is 0 Å². The van der Waals surface area contributed by atoms with Crippen molar-refractivity contribution >= 4 is 17.7 Å². The van der Waals surface area contributed by atoms with Gasteiger partial charge in [0.15, 0.2) is 5.96 Å². The molecular formula is C13H27N3O2S. The largest absolute Gasteiger partial charge is 0.396 e. The molecule has 0 radical (unpaired) electrons. The Morgan fingerprint density at radius 1 is 1.47 bits per heavy atom. The van der Waals surface area contributed by atoms with Crippen molar-refractivity contribution in [2.24, 2.45) is 10.4 Å². The second kappa shape index (κ2) is 9.44. The molecule has 1 rings (SSSR count). The molecule has 5 nitrogen and oxygen atoms in total. The van der Waals surface area contributed by atoms with Crippen LogP contribution in [-0.4, -0.2) is 62.5 Å². The van der Waals surface area contributed by atoms with E-state index in [1.54, 1.807) is 0 Å². The lowest BCUT2D eigenvalue weighted by Crippen LogP contribution is -2.39. The van der Waals surface area contributed by atoms with Crippen LogP contribution in [0.1, 0.15) is 19.8 Å². The summed E-state index contributed by atoms with van der Waals surface area (Å²) in [5, 5.41) is 15.8. The average Bonchev–Trinajstić information content (AvgIpc) is 2.86. The van der Waals surface area contributed by atoms with Gasteiger partial charge >= 0.3 is 0 Å². The molecule has 0 aromatic heterocycles. The van der Waals surface area contributed by atoms with E-state index in [-0.39, 0.29) is 12.0 Å². The Bertz CT molecular complexity index is 269. The van der Waals surface area contributed by atoms with E-state index >= 15 is 0 Å². The molecule has 112 valence electrons. The number of hydrogen-bond donors (Lipinski definition) is 3. The maximum Gasteiger partial charge on any atom is 0.191 e. The van der Waals surface area contributed by atoms with Crippen LogP contribution in [0.25, 0.3) is 0 Å². The fourth-order valence-corrected chi connectivity index (χ4v) is 2.45. The molecule has 1 aliphatic rings. The molecule has 1 heterocycles. The highest BCUT2D eigenvalue weighted by Crippen LogP contribution is 2.32. The van der Waals surface area contributed by atoms with E-state index in [0.29, 0.717) is 13.2 Å². The molecular weight excluding hydrogens is 262 g/mol. The predicted octanol–water partition coefficient (Wildman–Crippen LogP) is 0.694. The van der Waals surface area contributed by atoms with Crippen LogP contribution in [0.4, 0.5) is 0 Å². The van der Waals surface area contributed by atoms with Crippen molar-refractivity contribution in [3.05, 3.63) is 0 Å². The molecule has 0 saturated carbocycles. The summed E-state index contributed by atoms with van der Waals surface area (Å²) in [5.41, 5.74) is 0.0244. The van der Waals surface area contributed by atoms with Gasteiger partial charge in [0.25, 0.3) is 0 Å². The third-order valence-corrected chi connectivity index (χ3v) is 3.95. The van der Waals surface area contributed by atoms with Crippen LogP contribution in [0.15, 0.2) is 4.99 Å². The summed E-state index contributed by atoms with van der Waals surface area (Å²) in [6.07, 6.45) is 3.85. The first-order valence-corrected chi connectivity index (χ1v) is 8.35. The molecule has 3 N–H and O–H groups in total. The average molecular weight is 289 g/mol. The third kappa shape index (κ3) is 6.01. The zero-order valence-electron chi connectivity index (χ0n) is 12.1. The van der Waals surface area contributed by atoms with Crippen molar-refractivity contribution < 1.29 is 9.84 Å². The normalized spacial score (nSPS) is 23.6. The van der Waals surface area contributed by atoms with E-state index in [2.05, 4.69) is 28.8 Å². The maximum absolute atomic E-state index is 9.20. The summed E-state index contributed by atoms with van der Waals surface area (Å²) in [6.45, 7) is 6.24. The number of hydrogen-bond acceptors (Lipinski definition) is 4. The van der Waals surface area contributed by atoms with Crippen LogP contribution in [0.3, 0.4) is 0 Å². The van der Waals surface area contributed by atoms with Crippen molar-refractivity contribution in [2.45, 2.75) is 19.8 Å². The highest BCUT2D eigenvalue weighted by Gasteiger charge is 2.34. The summed E-state index contributed by atoms with van der Waals surface area (Å²) in [7, 11) is 0. The lowest BCUT2D eigenvalue weighted by atomic mass is 9.84. The minimum atomic E-state index is 0.0244. The van der Waals surface area contributed by atoms with Crippen LogP contribution < -0.4 is 10.6 Å². The molecule has 0 amide bonds. The standard InChI is InChI=1S/C13H27N3O2S/c1-3-14-12(15-6-9-19-2)16-10-13(4-7-17)5-8-18-11-13/h17H,3-11H2,1-2H3,(H2,14,15,16). The molecule has 0 aromatic rings. The highest BCUT2D eigenvalue weighted by atomic mass is 32.2. The molecule has 1 saturated heterocycles. The van der Waals surface area contributed by atoms with E-state index in [1.807, 2.05) is 11.8 Å². The van der Waals surface area contributed by atoms with Gasteiger partial charge in [-0.1, -0.05) is 0 Å². The first kappa shape index (κ1) is 16.6. The Morgan fingerprint density at radius 2 is 2.32 bits per heavy atom. The molecule has 6 heteroatoms. The summed E-state index contributed by atoms with van der Waals surface area (Å²) in [5.74, 6) is 1.93. The first-order chi connectivity index (χ1) is 9.26. The number of guanidine groups is 1. The molecule has 1 aliphatic heterocycles. The number of thioether (sulfide) groups is 1. The number of aliphatic hydroxyl groups excluding tert-OH is 1. The Labute approximate surface area is 120 Å². The summed E-state index contributed by atoms with van der Waals surface area (Å²) in [4.78, 5) is 4.65. The van der Waals surface area contributed by atoms with Crippen LogP contribution >= 0.6 is 11.8 Å². The van der Waals surface area contributed by atoms with E-state index < -0.39 is 0 Å².